The number of allylic oxidation sites excluding steroid dienone is 3. The molecule has 4 aliphatic rings. The van der Waals surface area contributed by atoms with Gasteiger partial charge in [-0.25, -0.2) is 0 Å². The molecule has 3 fully saturated rings. The second kappa shape index (κ2) is 4.47. The van der Waals surface area contributed by atoms with Crippen LogP contribution in [0.3, 0.4) is 0 Å². The molecule has 22 heavy (non-hydrogen) atoms. The lowest BCUT2D eigenvalue weighted by atomic mass is 9.47. The van der Waals surface area contributed by atoms with E-state index in [1.165, 1.54) is 6.42 Å². The molecule has 3 nitrogen and oxygen atoms in total. The highest BCUT2D eigenvalue weighted by Crippen LogP contribution is 2.64. The number of aliphatic hydroxyl groups is 1. The topological polar surface area (TPSA) is 63.3 Å². The van der Waals surface area contributed by atoms with Crippen molar-refractivity contribution in [1.82, 2.24) is 0 Å². The Labute approximate surface area is 132 Å². The average molecular weight is 301 g/mol. The Morgan fingerprint density at radius 3 is 2.77 bits per heavy atom. The van der Waals surface area contributed by atoms with Crippen LogP contribution >= 0.6 is 0 Å². The molecule has 0 aromatic heterocycles. The van der Waals surface area contributed by atoms with Crippen molar-refractivity contribution in [2.75, 3.05) is 0 Å². The lowest BCUT2D eigenvalue weighted by Crippen LogP contribution is -2.52. The van der Waals surface area contributed by atoms with Crippen molar-refractivity contribution < 1.29 is 9.90 Å². The number of hydrogen-bond acceptors (Lipinski definition) is 3. The molecular weight excluding hydrogens is 274 g/mol. The van der Waals surface area contributed by atoms with Crippen LogP contribution in [0.1, 0.15) is 46.0 Å². The summed E-state index contributed by atoms with van der Waals surface area (Å²) in [5.74, 6) is 2.15. The van der Waals surface area contributed by atoms with Crippen LogP contribution in [0.25, 0.3) is 0 Å². The van der Waals surface area contributed by atoms with Gasteiger partial charge in [0, 0.05) is 17.5 Å². The number of carbonyl (C=O) groups is 1. The molecule has 0 amide bonds. The van der Waals surface area contributed by atoms with Crippen molar-refractivity contribution in [3.05, 3.63) is 23.9 Å². The van der Waals surface area contributed by atoms with E-state index in [0.29, 0.717) is 30.1 Å². The Bertz CT molecular complexity index is 580. The summed E-state index contributed by atoms with van der Waals surface area (Å²) in [7, 11) is 0. The Morgan fingerprint density at radius 2 is 2.00 bits per heavy atom. The lowest BCUT2D eigenvalue weighted by Gasteiger charge is -2.57. The van der Waals surface area contributed by atoms with Crippen LogP contribution < -0.4 is 5.73 Å². The largest absolute Gasteiger partial charge is 0.399 e. The SMILES string of the molecule is C[C@]12C=CC(N)=C[C@H]1CC[C@@H]1[C@@H]2CC[C@]2(C)[C@@H](O)C(=O)C[C@@H]12. The van der Waals surface area contributed by atoms with Gasteiger partial charge in [0.1, 0.15) is 6.10 Å². The zero-order valence-electron chi connectivity index (χ0n) is 13.6. The van der Waals surface area contributed by atoms with Gasteiger partial charge in [0.25, 0.3) is 0 Å². The van der Waals surface area contributed by atoms with E-state index >= 15 is 0 Å². The first-order valence-corrected chi connectivity index (χ1v) is 8.73. The predicted molar refractivity (Wildman–Crippen MR) is 85.7 cm³/mol. The predicted octanol–water partition coefficient (Wildman–Crippen LogP) is 2.80. The number of aliphatic hydroxyl groups excluding tert-OH is 1. The maximum atomic E-state index is 12.1. The summed E-state index contributed by atoms with van der Waals surface area (Å²) in [5.41, 5.74) is 6.89. The van der Waals surface area contributed by atoms with Gasteiger partial charge in [-0.05, 0) is 60.8 Å². The van der Waals surface area contributed by atoms with Gasteiger partial charge in [0.2, 0.25) is 0 Å². The van der Waals surface area contributed by atoms with Crippen LogP contribution in [0.4, 0.5) is 0 Å². The van der Waals surface area contributed by atoms with E-state index in [4.69, 9.17) is 5.73 Å². The van der Waals surface area contributed by atoms with Gasteiger partial charge in [0.15, 0.2) is 5.78 Å². The van der Waals surface area contributed by atoms with Crippen molar-refractivity contribution >= 4 is 5.78 Å². The van der Waals surface area contributed by atoms with E-state index in [1.54, 1.807) is 0 Å². The van der Waals surface area contributed by atoms with E-state index in [-0.39, 0.29) is 16.6 Å². The minimum Gasteiger partial charge on any atom is -0.399 e. The van der Waals surface area contributed by atoms with Crippen molar-refractivity contribution in [1.29, 1.82) is 0 Å². The number of nitrogens with two attached hydrogens (primary N) is 1. The Balaban J connectivity index is 1.69. The maximum Gasteiger partial charge on any atom is 0.162 e. The number of fused-ring (bicyclic) bond motifs is 5. The van der Waals surface area contributed by atoms with E-state index in [1.807, 2.05) is 0 Å². The van der Waals surface area contributed by atoms with Gasteiger partial charge >= 0.3 is 0 Å². The second-order valence-corrected chi connectivity index (χ2v) is 8.54. The van der Waals surface area contributed by atoms with E-state index in [0.717, 1.165) is 25.0 Å². The molecule has 0 aliphatic heterocycles. The maximum absolute atomic E-state index is 12.1. The zero-order valence-corrected chi connectivity index (χ0v) is 13.6. The van der Waals surface area contributed by atoms with Crippen LogP contribution in [-0.2, 0) is 4.79 Å². The third kappa shape index (κ3) is 1.69. The number of carbonyl (C=O) groups excluding carboxylic acids is 1. The van der Waals surface area contributed by atoms with Gasteiger partial charge in [-0.3, -0.25) is 4.79 Å². The molecule has 3 heteroatoms. The molecular formula is C19H27NO2. The number of hydrogen-bond donors (Lipinski definition) is 2. The summed E-state index contributed by atoms with van der Waals surface area (Å²) in [5, 5.41) is 10.4. The fraction of sp³-hybridized carbons (Fsp3) is 0.737. The monoisotopic (exact) mass is 301 g/mol. The Morgan fingerprint density at radius 1 is 1.23 bits per heavy atom. The summed E-state index contributed by atoms with van der Waals surface area (Å²) >= 11 is 0. The van der Waals surface area contributed by atoms with Crippen molar-refractivity contribution in [2.45, 2.75) is 52.1 Å². The van der Waals surface area contributed by atoms with Crippen LogP contribution in [0.15, 0.2) is 23.9 Å². The molecule has 0 saturated heterocycles. The Kier molecular flexibility index (Phi) is 2.95. The summed E-state index contributed by atoms with van der Waals surface area (Å²) in [6.45, 7) is 4.52. The first kappa shape index (κ1) is 14.5. The molecule has 0 radical (unpaired) electrons. The van der Waals surface area contributed by atoms with Crippen LogP contribution in [0, 0.1) is 34.5 Å². The minimum absolute atomic E-state index is 0.0729. The molecule has 120 valence electrons. The molecule has 0 spiro atoms. The molecule has 0 heterocycles. The molecule has 0 unspecified atom stereocenters. The van der Waals surface area contributed by atoms with E-state index in [2.05, 4.69) is 32.1 Å². The molecule has 0 aromatic rings. The Hall–Kier alpha value is -1.09. The quantitative estimate of drug-likeness (QED) is 0.723. The smallest absolute Gasteiger partial charge is 0.162 e. The first-order valence-electron chi connectivity index (χ1n) is 8.73. The van der Waals surface area contributed by atoms with Crippen LogP contribution in [0.2, 0.25) is 0 Å². The number of rotatable bonds is 0. The number of ketones is 1. The summed E-state index contributed by atoms with van der Waals surface area (Å²) < 4.78 is 0. The van der Waals surface area contributed by atoms with Crippen molar-refractivity contribution in [3.63, 3.8) is 0 Å². The van der Waals surface area contributed by atoms with Crippen molar-refractivity contribution in [2.24, 2.45) is 40.2 Å². The molecule has 0 bridgehead atoms. The third-order valence-corrected chi connectivity index (χ3v) is 7.66. The zero-order chi connectivity index (χ0) is 15.7. The normalized spacial score (nSPS) is 53.5. The van der Waals surface area contributed by atoms with E-state index < -0.39 is 6.10 Å². The van der Waals surface area contributed by atoms with Crippen LogP contribution in [-0.4, -0.2) is 17.0 Å². The molecule has 4 rings (SSSR count). The van der Waals surface area contributed by atoms with Gasteiger partial charge in [0.05, 0.1) is 0 Å². The highest BCUT2D eigenvalue weighted by atomic mass is 16.3. The van der Waals surface area contributed by atoms with Gasteiger partial charge in [-0.1, -0.05) is 26.0 Å². The fourth-order valence-electron chi connectivity index (χ4n) is 6.26. The molecule has 3 saturated carbocycles. The minimum atomic E-state index is -0.735. The lowest BCUT2D eigenvalue weighted by molar-refractivity contribution is -0.129. The fourth-order valence-corrected chi connectivity index (χ4v) is 6.26. The molecule has 4 aliphatic carbocycles. The van der Waals surface area contributed by atoms with E-state index in [9.17, 15) is 9.90 Å². The summed E-state index contributed by atoms with van der Waals surface area (Å²) in [6, 6.07) is 0. The highest BCUT2D eigenvalue weighted by Gasteiger charge is 2.61. The average Bonchev–Trinajstić information content (AvgIpc) is 2.72. The van der Waals surface area contributed by atoms with Gasteiger partial charge in [-0.15, -0.1) is 0 Å². The second-order valence-electron chi connectivity index (χ2n) is 8.54. The summed E-state index contributed by atoms with van der Waals surface area (Å²) in [6.07, 6.45) is 10.9. The van der Waals surface area contributed by atoms with Gasteiger partial charge < -0.3 is 10.8 Å². The van der Waals surface area contributed by atoms with Crippen LogP contribution in [0.5, 0.6) is 0 Å². The van der Waals surface area contributed by atoms with Gasteiger partial charge in [-0.2, -0.15) is 0 Å². The molecule has 3 N–H and O–H groups in total. The number of Topliss-reactive ketones (excluding diaryl/α,β-unsaturated/α-hetero) is 1. The van der Waals surface area contributed by atoms with Crippen molar-refractivity contribution in [3.8, 4) is 0 Å². The summed E-state index contributed by atoms with van der Waals surface area (Å²) in [4.78, 5) is 12.1. The standard InChI is InChI=1S/C19H27NO2/c1-18-7-5-12(20)9-11(18)3-4-13-14(18)6-8-19(2)15(13)10-16(21)17(19)22/h5,7,9,11,13-15,17,22H,3-4,6,8,10,20H2,1-2H3/t11-,13-,14+,15+,17+,18+,19+/m1/s1. The third-order valence-electron chi connectivity index (χ3n) is 7.66. The molecule has 0 aromatic carbocycles. The first-order chi connectivity index (χ1) is 10.4. The molecule has 7 atom stereocenters. The highest BCUT2D eigenvalue weighted by molar-refractivity contribution is 5.86.